The highest BCUT2D eigenvalue weighted by molar-refractivity contribution is 7.03. The summed E-state index contributed by atoms with van der Waals surface area (Å²) in [6.45, 7) is 0. The highest BCUT2D eigenvalue weighted by Gasteiger charge is 1.96. The number of hydrogen-bond acceptors (Lipinski definition) is 3. The summed E-state index contributed by atoms with van der Waals surface area (Å²) in [5, 5.41) is 1.92. The van der Waals surface area contributed by atoms with E-state index in [2.05, 4.69) is 4.37 Å². The van der Waals surface area contributed by atoms with Crippen molar-refractivity contribution in [3.05, 3.63) is 17.1 Å². The molecule has 0 aromatic carbocycles. The Hall–Kier alpha value is -0.900. The zero-order chi connectivity index (χ0) is 7.40. The topological polar surface area (TPSA) is 56.0 Å². The van der Waals surface area contributed by atoms with Crippen molar-refractivity contribution in [1.82, 2.24) is 4.37 Å². The Labute approximate surface area is 63.0 Å². The fraction of sp³-hybridized carbons (Fsp3) is 0.333. The number of carbonyl (C=O) groups excluding carboxylic acids is 1. The van der Waals surface area contributed by atoms with Crippen LogP contribution < -0.4 is 5.73 Å². The summed E-state index contributed by atoms with van der Waals surface area (Å²) in [7, 11) is 0. The highest BCUT2D eigenvalue weighted by atomic mass is 32.1. The summed E-state index contributed by atoms with van der Waals surface area (Å²) < 4.78 is 3.89. The van der Waals surface area contributed by atoms with E-state index in [0.717, 1.165) is 5.56 Å². The summed E-state index contributed by atoms with van der Waals surface area (Å²) in [5.41, 5.74) is 6.04. The van der Waals surface area contributed by atoms with E-state index < -0.39 is 0 Å². The van der Waals surface area contributed by atoms with Gasteiger partial charge < -0.3 is 5.73 Å². The number of amides is 1. The molecule has 0 aliphatic carbocycles. The molecule has 0 unspecified atom stereocenters. The third-order valence-corrected chi connectivity index (χ3v) is 1.78. The maximum atomic E-state index is 10.3. The number of carbonyl (C=O) groups is 1. The SMILES string of the molecule is NC(=O)CCc1cnsc1. The van der Waals surface area contributed by atoms with Gasteiger partial charge in [0.1, 0.15) is 0 Å². The predicted molar refractivity (Wildman–Crippen MR) is 39.6 cm³/mol. The van der Waals surface area contributed by atoms with Crippen LogP contribution in [0.5, 0.6) is 0 Å². The van der Waals surface area contributed by atoms with Crippen LogP contribution in [0.1, 0.15) is 12.0 Å². The van der Waals surface area contributed by atoms with E-state index in [9.17, 15) is 4.79 Å². The van der Waals surface area contributed by atoms with Crippen molar-refractivity contribution in [2.75, 3.05) is 0 Å². The van der Waals surface area contributed by atoms with Crippen LogP contribution in [0.4, 0.5) is 0 Å². The van der Waals surface area contributed by atoms with E-state index in [1.807, 2.05) is 5.38 Å². The van der Waals surface area contributed by atoms with E-state index in [1.165, 1.54) is 11.5 Å². The van der Waals surface area contributed by atoms with E-state index in [-0.39, 0.29) is 5.91 Å². The van der Waals surface area contributed by atoms with Gasteiger partial charge in [0.05, 0.1) is 0 Å². The summed E-state index contributed by atoms with van der Waals surface area (Å²) in [4.78, 5) is 10.3. The van der Waals surface area contributed by atoms with Crippen molar-refractivity contribution >= 4 is 17.4 Å². The monoisotopic (exact) mass is 156 g/mol. The second-order valence-electron chi connectivity index (χ2n) is 2.00. The molecule has 1 rings (SSSR count). The van der Waals surface area contributed by atoms with Gasteiger partial charge in [-0.25, -0.2) is 4.37 Å². The lowest BCUT2D eigenvalue weighted by molar-refractivity contribution is -0.117. The van der Waals surface area contributed by atoms with Gasteiger partial charge in [-0.1, -0.05) is 0 Å². The van der Waals surface area contributed by atoms with E-state index in [4.69, 9.17) is 5.73 Å². The van der Waals surface area contributed by atoms with Gasteiger partial charge in [-0.05, 0) is 23.5 Å². The third kappa shape index (κ3) is 2.14. The Kier molecular flexibility index (Phi) is 2.39. The van der Waals surface area contributed by atoms with Crippen molar-refractivity contribution in [2.45, 2.75) is 12.8 Å². The first-order valence-electron chi connectivity index (χ1n) is 2.95. The molecule has 1 aromatic rings. The van der Waals surface area contributed by atoms with Crippen LogP contribution >= 0.6 is 11.5 Å². The maximum Gasteiger partial charge on any atom is 0.217 e. The van der Waals surface area contributed by atoms with Crippen LogP contribution in [-0.4, -0.2) is 10.3 Å². The standard InChI is InChI=1S/C6H8N2OS/c7-6(9)2-1-5-3-8-10-4-5/h3-4H,1-2H2,(H2,7,9). The molecule has 1 heterocycles. The van der Waals surface area contributed by atoms with Gasteiger partial charge in [0.25, 0.3) is 0 Å². The molecular weight excluding hydrogens is 148 g/mol. The Morgan fingerprint density at radius 1 is 1.80 bits per heavy atom. The first-order valence-corrected chi connectivity index (χ1v) is 3.79. The lowest BCUT2D eigenvalue weighted by Crippen LogP contribution is -2.10. The van der Waals surface area contributed by atoms with Gasteiger partial charge in [0.15, 0.2) is 0 Å². The molecule has 0 radical (unpaired) electrons. The first-order chi connectivity index (χ1) is 4.79. The maximum absolute atomic E-state index is 10.3. The van der Waals surface area contributed by atoms with Gasteiger partial charge in [0, 0.05) is 18.0 Å². The van der Waals surface area contributed by atoms with Crippen LogP contribution in [0.25, 0.3) is 0 Å². The van der Waals surface area contributed by atoms with Crippen LogP contribution in [0.2, 0.25) is 0 Å². The van der Waals surface area contributed by atoms with Crippen LogP contribution in [0.3, 0.4) is 0 Å². The zero-order valence-corrected chi connectivity index (χ0v) is 6.23. The number of nitrogens with two attached hydrogens (primary N) is 1. The molecule has 10 heavy (non-hydrogen) atoms. The smallest absolute Gasteiger partial charge is 0.217 e. The van der Waals surface area contributed by atoms with Gasteiger partial charge in [-0.15, -0.1) is 0 Å². The largest absolute Gasteiger partial charge is 0.370 e. The van der Waals surface area contributed by atoms with Crippen molar-refractivity contribution in [3.8, 4) is 0 Å². The van der Waals surface area contributed by atoms with Crippen molar-refractivity contribution < 1.29 is 4.79 Å². The van der Waals surface area contributed by atoms with Crippen LogP contribution in [0, 0.1) is 0 Å². The molecule has 0 aliphatic heterocycles. The Bertz CT molecular complexity index is 208. The number of aromatic nitrogens is 1. The second kappa shape index (κ2) is 3.31. The number of hydrogen-bond donors (Lipinski definition) is 1. The number of rotatable bonds is 3. The Morgan fingerprint density at radius 3 is 3.10 bits per heavy atom. The summed E-state index contributed by atoms with van der Waals surface area (Å²) in [5.74, 6) is -0.258. The quantitative estimate of drug-likeness (QED) is 0.695. The minimum Gasteiger partial charge on any atom is -0.370 e. The predicted octanol–water partition coefficient (Wildman–Crippen LogP) is 0.561. The van der Waals surface area contributed by atoms with E-state index >= 15 is 0 Å². The molecular formula is C6H8N2OS. The zero-order valence-electron chi connectivity index (χ0n) is 5.41. The Morgan fingerprint density at radius 2 is 2.60 bits per heavy atom. The molecule has 0 saturated carbocycles. The average molecular weight is 156 g/mol. The molecule has 0 aliphatic rings. The summed E-state index contributed by atoms with van der Waals surface area (Å²) in [6, 6.07) is 0. The van der Waals surface area contributed by atoms with Gasteiger partial charge in [-0.3, -0.25) is 4.79 Å². The third-order valence-electron chi connectivity index (χ3n) is 1.14. The Balaban J connectivity index is 2.35. The molecule has 0 spiro atoms. The first kappa shape index (κ1) is 7.21. The molecule has 0 atom stereocenters. The fourth-order valence-electron chi connectivity index (χ4n) is 0.618. The molecule has 0 bridgehead atoms. The van der Waals surface area contributed by atoms with E-state index in [1.54, 1.807) is 6.20 Å². The number of nitrogens with zero attached hydrogens (tertiary/aromatic N) is 1. The molecule has 0 saturated heterocycles. The lowest BCUT2D eigenvalue weighted by atomic mass is 10.2. The van der Waals surface area contributed by atoms with Crippen LogP contribution in [-0.2, 0) is 11.2 Å². The van der Waals surface area contributed by atoms with E-state index in [0.29, 0.717) is 12.8 Å². The molecule has 3 nitrogen and oxygen atoms in total. The van der Waals surface area contributed by atoms with Gasteiger partial charge in [-0.2, -0.15) is 0 Å². The molecule has 2 N–H and O–H groups in total. The second-order valence-corrected chi connectivity index (χ2v) is 2.66. The highest BCUT2D eigenvalue weighted by Crippen LogP contribution is 2.03. The molecule has 1 amide bonds. The normalized spacial score (nSPS) is 9.60. The molecule has 4 heteroatoms. The lowest BCUT2D eigenvalue weighted by Gasteiger charge is -1.89. The van der Waals surface area contributed by atoms with Crippen molar-refractivity contribution in [1.29, 1.82) is 0 Å². The number of aryl methyl sites for hydroxylation is 1. The molecule has 54 valence electrons. The molecule has 1 aromatic heterocycles. The van der Waals surface area contributed by atoms with Crippen LogP contribution in [0.15, 0.2) is 11.6 Å². The minimum absolute atomic E-state index is 0.258. The van der Waals surface area contributed by atoms with Gasteiger partial charge in [0.2, 0.25) is 5.91 Å². The summed E-state index contributed by atoms with van der Waals surface area (Å²) >= 11 is 1.39. The summed E-state index contributed by atoms with van der Waals surface area (Å²) in [6.07, 6.45) is 2.89. The molecule has 0 fully saturated rings. The van der Waals surface area contributed by atoms with Crippen molar-refractivity contribution in [2.24, 2.45) is 5.73 Å². The number of primary amides is 1. The average Bonchev–Trinajstić information content (AvgIpc) is 2.34. The van der Waals surface area contributed by atoms with Gasteiger partial charge >= 0.3 is 0 Å². The van der Waals surface area contributed by atoms with Crippen molar-refractivity contribution in [3.63, 3.8) is 0 Å². The fourth-order valence-corrected chi connectivity index (χ4v) is 1.19. The minimum atomic E-state index is -0.258.